The van der Waals surface area contributed by atoms with Gasteiger partial charge in [0.25, 0.3) is 13.4 Å². The van der Waals surface area contributed by atoms with Crippen LogP contribution in [0.3, 0.4) is 0 Å². The molecule has 0 N–H and O–H groups in total. The lowest BCUT2D eigenvalue weighted by Gasteiger charge is -2.47. The normalized spacial score (nSPS) is 14.8. The lowest BCUT2D eigenvalue weighted by Crippen LogP contribution is -2.64. The lowest BCUT2D eigenvalue weighted by atomic mass is 9.30. The molecule has 12 aromatic carbocycles. The average Bonchev–Trinajstić information content (AvgIpc) is 0.702. The standard InChI is InChI=1S/C84H71B2N5O/c1-54-27-15-21-37-69(54)90(70-38-22-16-28-55(70)2)61-48-76-81-77(49-61)89(60-43-44-63-64(47-60)84(7,8)46-45-83(63,5)6)73-41-25-19-35-65(73)85(81)67-52-68-75(53-74(67)87(76)58-31-11-9-12-32-58)88(59-33-13-10-14-34-59)78-50-62(51-80-82(78)86(68)66-36-20-26-42-79(66)92-80)91(71-39-23-17-29-56(71)3)72-40-24-18-30-57(72)4/h9-44,47-53H,45-46H2,1-8H3. The minimum absolute atomic E-state index is 0.00763. The van der Waals surface area contributed by atoms with E-state index in [-0.39, 0.29) is 24.3 Å². The lowest BCUT2D eigenvalue weighted by molar-refractivity contribution is 0.332. The number of rotatable bonds is 9. The van der Waals surface area contributed by atoms with Crippen LogP contribution in [0.2, 0.25) is 0 Å². The predicted molar refractivity (Wildman–Crippen MR) is 390 cm³/mol. The molecule has 0 atom stereocenters. The molecule has 92 heavy (non-hydrogen) atoms. The van der Waals surface area contributed by atoms with Gasteiger partial charge in [-0.25, -0.2) is 0 Å². The summed E-state index contributed by atoms with van der Waals surface area (Å²) in [5.74, 6) is 1.72. The van der Waals surface area contributed by atoms with Crippen molar-refractivity contribution >= 4 is 132 Å². The van der Waals surface area contributed by atoms with Crippen LogP contribution < -0.4 is 62.0 Å². The highest BCUT2D eigenvalue weighted by Crippen LogP contribution is 2.54. The van der Waals surface area contributed by atoms with Gasteiger partial charge < -0.3 is 29.2 Å². The Kier molecular flexibility index (Phi) is 12.7. The van der Waals surface area contributed by atoms with Gasteiger partial charge in [-0.1, -0.05) is 185 Å². The van der Waals surface area contributed by atoms with Crippen LogP contribution in [-0.4, -0.2) is 13.4 Å². The molecule has 4 aliphatic heterocycles. The van der Waals surface area contributed by atoms with Crippen LogP contribution in [0.1, 0.15) is 73.9 Å². The molecule has 8 heteroatoms. The predicted octanol–water partition coefficient (Wildman–Crippen LogP) is 18.7. The fraction of sp³-hybridized carbons (Fsp3) is 0.143. The number of hydrogen-bond donors (Lipinski definition) is 0. The van der Waals surface area contributed by atoms with Crippen LogP contribution >= 0.6 is 0 Å². The molecule has 17 rings (SSSR count). The SMILES string of the molecule is Cc1ccccc1N(c1cc2c3c(c1)N(c1ccccc1)c1cc4c(cc1B3c1ccccc1O2)B1c2ccccc2N(c2ccc3c(c2)C(C)(C)CCC3(C)C)c2cc(N(c3ccccc3C)c3ccccc3C)cc(c21)N4c1ccccc1)c1ccccc1C. The highest BCUT2D eigenvalue weighted by Gasteiger charge is 2.49. The number of ether oxygens (including phenoxy) is 1. The molecular weight excluding hydrogens is 1120 g/mol. The molecule has 0 aromatic heterocycles. The maximum atomic E-state index is 7.34. The van der Waals surface area contributed by atoms with E-state index < -0.39 is 0 Å². The van der Waals surface area contributed by atoms with Gasteiger partial charge in [-0.2, -0.15) is 0 Å². The molecule has 12 aromatic rings. The quantitative estimate of drug-likeness (QED) is 0.134. The highest BCUT2D eigenvalue weighted by molar-refractivity contribution is 7.02. The maximum absolute atomic E-state index is 7.34. The monoisotopic (exact) mass is 1190 g/mol. The molecule has 5 aliphatic rings. The fourth-order valence-corrected chi connectivity index (χ4v) is 16.1. The van der Waals surface area contributed by atoms with Crippen LogP contribution in [0.5, 0.6) is 11.5 Å². The van der Waals surface area contributed by atoms with E-state index in [4.69, 9.17) is 4.74 Å². The van der Waals surface area contributed by atoms with Gasteiger partial charge in [0.15, 0.2) is 0 Å². The second-order valence-corrected chi connectivity index (χ2v) is 27.3. The van der Waals surface area contributed by atoms with Gasteiger partial charge >= 0.3 is 0 Å². The van der Waals surface area contributed by atoms with E-state index in [0.717, 1.165) is 104 Å². The highest BCUT2D eigenvalue weighted by atomic mass is 16.5. The first-order valence-corrected chi connectivity index (χ1v) is 32.7. The summed E-state index contributed by atoms with van der Waals surface area (Å²) < 4.78 is 7.34. The van der Waals surface area contributed by atoms with Crippen molar-refractivity contribution in [3.8, 4) is 11.5 Å². The number of hydrogen-bond acceptors (Lipinski definition) is 6. The zero-order valence-corrected chi connectivity index (χ0v) is 53.5. The second-order valence-electron chi connectivity index (χ2n) is 27.3. The number of anilines is 15. The Hall–Kier alpha value is -10.4. The summed E-state index contributed by atoms with van der Waals surface area (Å²) in [4.78, 5) is 12.7. The van der Waals surface area contributed by atoms with Crippen molar-refractivity contribution in [1.29, 1.82) is 0 Å². The van der Waals surface area contributed by atoms with Crippen molar-refractivity contribution in [3.05, 3.63) is 294 Å². The molecule has 0 saturated heterocycles. The number of para-hydroxylation sites is 8. The number of benzene rings is 12. The third-order valence-electron chi connectivity index (χ3n) is 20.8. The first-order valence-electron chi connectivity index (χ1n) is 32.7. The Labute approximate surface area is 542 Å². The van der Waals surface area contributed by atoms with Crippen molar-refractivity contribution in [2.75, 3.05) is 24.5 Å². The molecule has 0 spiro atoms. The molecule has 0 unspecified atom stereocenters. The molecule has 0 saturated carbocycles. The van der Waals surface area contributed by atoms with E-state index in [1.807, 2.05) is 0 Å². The summed E-state index contributed by atoms with van der Waals surface area (Å²) in [5.41, 5.74) is 31.8. The topological polar surface area (TPSA) is 25.4 Å². The summed E-state index contributed by atoms with van der Waals surface area (Å²) in [6.45, 7) is 18.3. The summed E-state index contributed by atoms with van der Waals surface area (Å²) >= 11 is 0. The minimum atomic E-state index is -0.173. The maximum Gasteiger partial charge on any atom is 0.256 e. The molecule has 0 radical (unpaired) electrons. The molecule has 4 heterocycles. The van der Waals surface area contributed by atoms with Gasteiger partial charge in [0.2, 0.25) is 0 Å². The molecule has 0 amide bonds. The van der Waals surface area contributed by atoms with E-state index in [9.17, 15) is 0 Å². The smallest absolute Gasteiger partial charge is 0.256 e. The minimum Gasteiger partial charge on any atom is -0.458 e. The van der Waals surface area contributed by atoms with Crippen LogP contribution in [0.25, 0.3) is 0 Å². The van der Waals surface area contributed by atoms with Crippen LogP contribution in [-0.2, 0) is 10.8 Å². The zero-order chi connectivity index (χ0) is 62.3. The van der Waals surface area contributed by atoms with Gasteiger partial charge in [0.05, 0.1) is 11.4 Å². The van der Waals surface area contributed by atoms with E-state index in [1.165, 1.54) is 72.3 Å². The molecular formula is C84H71B2N5O. The Morgan fingerprint density at radius 3 is 1.25 bits per heavy atom. The van der Waals surface area contributed by atoms with Crippen LogP contribution in [0, 0.1) is 27.7 Å². The molecule has 1 aliphatic carbocycles. The largest absolute Gasteiger partial charge is 0.458 e. The second kappa shape index (κ2) is 21.1. The van der Waals surface area contributed by atoms with Crippen molar-refractivity contribution in [2.24, 2.45) is 0 Å². The average molecular weight is 1190 g/mol. The molecule has 0 bridgehead atoms. The van der Waals surface area contributed by atoms with Gasteiger partial charge in [-0.3, -0.25) is 0 Å². The summed E-state index contributed by atoms with van der Waals surface area (Å²) in [7, 11) is 0. The molecule has 6 nitrogen and oxygen atoms in total. The van der Waals surface area contributed by atoms with Gasteiger partial charge in [0.1, 0.15) is 11.5 Å². The van der Waals surface area contributed by atoms with E-state index in [2.05, 4.69) is 341 Å². The molecule has 444 valence electrons. The Balaban J connectivity index is 0.983. The Morgan fingerprint density at radius 1 is 0.315 bits per heavy atom. The Bertz CT molecular complexity index is 4890. The first kappa shape index (κ1) is 55.6. The molecule has 0 fully saturated rings. The van der Waals surface area contributed by atoms with Crippen molar-refractivity contribution in [2.45, 2.75) is 79.1 Å². The third kappa shape index (κ3) is 8.56. The summed E-state index contributed by atoms with van der Waals surface area (Å²) in [6, 6.07) is 97.8. The summed E-state index contributed by atoms with van der Waals surface area (Å²) in [5, 5.41) is 0. The number of fused-ring (bicyclic) bond motifs is 9. The van der Waals surface area contributed by atoms with E-state index in [0.29, 0.717) is 0 Å². The van der Waals surface area contributed by atoms with Crippen molar-refractivity contribution in [3.63, 3.8) is 0 Å². The fourth-order valence-electron chi connectivity index (χ4n) is 16.1. The first-order chi connectivity index (χ1) is 44.8. The Morgan fingerprint density at radius 2 is 0.728 bits per heavy atom. The van der Waals surface area contributed by atoms with Crippen LogP contribution in [0.15, 0.2) is 261 Å². The van der Waals surface area contributed by atoms with Gasteiger partial charge in [0, 0.05) is 80.0 Å². The van der Waals surface area contributed by atoms with Crippen LogP contribution in [0.4, 0.5) is 85.3 Å². The number of nitrogens with zero attached hydrogens (tertiary/aromatic N) is 5. The van der Waals surface area contributed by atoms with E-state index in [1.54, 1.807) is 0 Å². The van der Waals surface area contributed by atoms with Crippen molar-refractivity contribution in [1.82, 2.24) is 0 Å². The van der Waals surface area contributed by atoms with Gasteiger partial charge in [-0.05, 0) is 215 Å². The number of aryl methyl sites for hydroxylation is 4. The third-order valence-corrected chi connectivity index (χ3v) is 20.8. The zero-order valence-electron chi connectivity index (χ0n) is 53.5. The van der Waals surface area contributed by atoms with Crippen molar-refractivity contribution < 1.29 is 4.74 Å². The summed E-state index contributed by atoms with van der Waals surface area (Å²) in [6.07, 6.45) is 2.28. The van der Waals surface area contributed by atoms with Gasteiger partial charge in [-0.15, -0.1) is 0 Å². The van der Waals surface area contributed by atoms with E-state index >= 15 is 0 Å².